The van der Waals surface area contributed by atoms with Gasteiger partial charge in [0, 0.05) is 0 Å². The summed E-state index contributed by atoms with van der Waals surface area (Å²) in [5.41, 5.74) is 2.39. The van der Waals surface area contributed by atoms with Crippen LogP contribution in [0.3, 0.4) is 0 Å². The zero-order valence-corrected chi connectivity index (χ0v) is 19.2. The summed E-state index contributed by atoms with van der Waals surface area (Å²) in [5, 5.41) is 0. The van der Waals surface area contributed by atoms with Crippen molar-refractivity contribution in [2.24, 2.45) is 0 Å². The maximum atomic E-state index is 13.4. The zero-order valence-electron chi connectivity index (χ0n) is 17.6. The summed E-state index contributed by atoms with van der Waals surface area (Å²) in [4.78, 5) is -0.0584. The number of aryl methyl sites for hydroxylation is 2. The van der Waals surface area contributed by atoms with Crippen LogP contribution in [0.4, 0.5) is 0 Å². The molecule has 0 heterocycles. The highest BCUT2D eigenvalue weighted by Gasteiger charge is 2.27. The number of rotatable bonds is 7. The number of sulfone groups is 2. The summed E-state index contributed by atoms with van der Waals surface area (Å²) in [7, 11) is -6.38. The molecule has 0 saturated heterocycles. The van der Waals surface area contributed by atoms with E-state index in [2.05, 4.69) is 0 Å². The lowest BCUT2D eigenvalue weighted by Gasteiger charge is -2.12. The zero-order chi connectivity index (χ0) is 22.6. The first-order chi connectivity index (χ1) is 14.6. The Labute approximate surface area is 183 Å². The summed E-state index contributed by atoms with van der Waals surface area (Å²) >= 11 is 0. The van der Waals surface area contributed by atoms with Crippen molar-refractivity contribution in [1.82, 2.24) is 0 Å². The molecule has 0 radical (unpaired) electrons. The van der Waals surface area contributed by atoms with Gasteiger partial charge in [-0.1, -0.05) is 47.5 Å². The molecule has 0 aromatic heterocycles. The van der Waals surface area contributed by atoms with E-state index in [0.717, 1.165) is 11.1 Å². The molecule has 5 nitrogen and oxygen atoms in total. The van der Waals surface area contributed by atoms with Gasteiger partial charge >= 0.3 is 0 Å². The van der Waals surface area contributed by atoms with Crippen molar-refractivity contribution in [3.63, 3.8) is 0 Å². The number of hydrogen-bond donors (Lipinski definition) is 0. The third kappa shape index (κ3) is 5.42. The molecule has 0 aliphatic heterocycles. The molecular weight excluding hydrogens is 432 g/mol. The topological polar surface area (TPSA) is 77.5 Å². The standard InChI is InChI=1S/C24H24O5S2/c1-18-4-12-22(13-5-18)30(25,26)17-24(16-20-8-10-21(29-3)11-9-20)31(27,28)23-14-6-19(2)7-15-23/h4-16H,17H2,1-3H3. The van der Waals surface area contributed by atoms with Gasteiger partial charge in [-0.15, -0.1) is 0 Å². The van der Waals surface area contributed by atoms with E-state index >= 15 is 0 Å². The average Bonchev–Trinajstić information content (AvgIpc) is 2.74. The number of hydrogen-bond acceptors (Lipinski definition) is 5. The lowest BCUT2D eigenvalue weighted by Crippen LogP contribution is -2.16. The van der Waals surface area contributed by atoms with E-state index in [4.69, 9.17) is 4.74 Å². The van der Waals surface area contributed by atoms with Gasteiger partial charge in [-0.25, -0.2) is 16.8 Å². The Morgan fingerprint density at radius 1 is 0.742 bits per heavy atom. The molecule has 31 heavy (non-hydrogen) atoms. The molecule has 0 unspecified atom stereocenters. The second-order valence-electron chi connectivity index (χ2n) is 7.27. The average molecular weight is 457 g/mol. The van der Waals surface area contributed by atoms with Crippen LogP contribution in [0.1, 0.15) is 16.7 Å². The van der Waals surface area contributed by atoms with Gasteiger partial charge in [-0.05, 0) is 61.9 Å². The summed E-state index contributed by atoms with van der Waals surface area (Å²) in [6.07, 6.45) is 1.40. The molecule has 3 rings (SSSR count). The molecular formula is C24H24O5S2. The van der Waals surface area contributed by atoms with Gasteiger partial charge in [0.2, 0.25) is 9.84 Å². The lowest BCUT2D eigenvalue weighted by atomic mass is 10.2. The van der Waals surface area contributed by atoms with Crippen molar-refractivity contribution >= 4 is 25.8 Å². The van der Waals surface area contributed by atoms with Gasteiger partial charge in [0.05, 0.1) is 27.6 Å². The molecule has 0 fully saturated rings. The summed E-state index contributed by atoms with van der Waals surface area (Å²) in [6.45, 7) is 3.71. The fourth-order valence-corrected chi connectivity index (χ4v) is 6.32. The van der Waals surface area contributed by atoms with Crippen molar-refractivity contribution in [3.05, 3.63) is 94.4 Å². The minimum atomic E-state index is -4.03. The first kappa shape index (κ1) is 22.8. The van der Waals surface area contributed by atoms with Gasteiger partial charge < -0.3 is 4.74 Å². The minimum absolute atomic E-state index is 0.0527. The quantitative estimate of drug-likeness (QED) is 0.519. The third-order valence-corrected chi connectivity index (χ3v) is 8.54. The van der Waals surface area contributed by atoms with Crippen molar-refractivity contribution in [1.29, 1.82) is 0 Å². The molecule has 162 valence electrons. The van der Waals surface area contributed by atoms with E-state index in [1.807, 2.05) is 13.8 Å². The third-order valence-electron chi connectivity index (χ3n) is 4.83. The molecule has 0 aliphatic rings. The Hall–Kier alpha value is -2.90. The van der Waals surface area contributed by atoms with Crippen molar-refractivity contribution in [3.8, 4) is 5.75 Å². The van der Waals surface area contributed by atoms with Crippen LogP contribution >= 0.6 is 0 Å². The van der Waals surface area contributed by atoms with Gasteiger partial charge in [0.25, 0.3) is 0 Å². The molecule has 7 heteroatoms. The molecule has 0 saturated carbocycles. The molecule has 0 aliphatic carbocycles. The predicted octanol–water partition coefficient (Wildman–Crippen LogP) is 4.60. The molecule has 0 spiro atoms. The van der Waals surface area contributed by atoms with E-state index in [9.17, 15) is 16.8 Å². The molecule has 0 N–H and O–H groups in total. The minimum Gasteiger partial charge on any atom is -0.497 e. The van der Waals surface area contributed by atoms with Crippen LogP contribution in [-0.4, -0.2) is 29.7 Å². The van der Waals surface area contributed by atoms with Gasteiger partial charge in [0.1, 0.15) is 5.75 Å². The number of ether oxygens (including phenoxy) is 1. The monoisotopic (exact) mass is 456 g/mol. The van der Waals surface area contributed by atoms with E-state index in [1.165, 1.54) is 37.5 Å². The highest BCUT2D eigenvalue weighted by molar-refractivity contribution is 7.98. The molecule has 3 aromatic carbocycles. The van der Waals surface area contributed by atoms with E-state index in [-0.39, 0.29) is 14.7 Å². The van der Waals surface area contributed by atoms with Crippen LogP contribution in [0.5, 0.6) is 5.75 Å². The molecule has 0 bridgehead atoms. The van der Waals surface area contributed by atoms with E-state index < -0.39 is 25.4 Å². The van der Waals surface area contributed by atoms with E-state index in [0.29, 0.717) is 11.3 Å². The largest absolute Gasteiger partial charge is 0.497 e. The van der Waals surface area contributed by atoms with Gasteiger partial charge in [-0.3, -0.25) is 0 Å². The maximum Gasteiger partial charge on any atom is 0.203 e. The Morgan fingerprint density at radius 3 is 1.71 bits per heavy atom. The van der Waals surface area contributed by atoms with Crippen LogP contribution in [-0.2, 0) is 19.7 Å². The predicted molar refractivity (Wildman–Crippen MR) is 123 cm³/mol. The Morgan fingerprint density at radius 2 is 1.23 bits per heavy atom. The Balaban J connectivity index is 2.10. The Bertz CT molecular complexity index is 1290. The van der Waals surface area contributed by atoms with Crippen molar-refractivity contribution in [2.45, 2.75) is 23.6 Å². The van der Waals surface area contributed by atoms with Crippen LogP contribution in [0, 0.1) is 13.8 Å². The first-order valence-corrected chi connectivity index (χ1v) is 12.7. The van der Waals surface area contributed by atoms with Crippen LogP contribution in [0.25, 0.3) is 6.08 Å². The fraction of sp³-hybridized carbons (Fsp3) is 0.167. The van der Waals surface area contributed by atoms with Gasteiger partial charge in [-0.2, -0.15) is 0 Å². The lowest BCUT2D eigenvalue weighted by molar-refractivity contribution is 0.415. The smallest absolute Gasteiger partial charge is 0.203 e. The fourth-order valence-electron chi connectivity index (χ4n) is 2.97. The second kappa shape index (κ2) is 9.08. The van der Waals surface area contributed by atoms with Crippen LogP contribution in [0.15, 0.2) is 87.5 Å². The summed E-state index contributed by atoms with van der Waals surface area (Å²) < 4.78 is 58.0. The van der Waals surface area contributed by atoms with Gasteiger partial charge in [0.15, 0.2) is 9.84 Å². The molecule has 0 atom stereocenters. The van der Waals surface area contributed by atoms with Crippen LogP contribution < -0.4 is 4.74 Å². The number of benzene rings is 3. The highest BCUT2D eigenvalue weighted by Crippen LogP contribution is 2.26. The second-order valence-corrected chi connectivity index (χ2v) is 11.3. The normalized spacial score (nSPS) is 12.5. The highest BCUT2D eigenvalue weighted by atomic mass is 32.2. The SMILES string of the molecule is COc1ccc(C=C(CS(=O)(=O)c2ccc(C)cc2)S(=O)(=O)c2ccc(C)cc2)cc1. The first-order valence-electron chi connectivity index (χ1n) is 9.58. The summed E-state index contributed by atoms with van der Waals surface area (Å²) in [6, 6.07) is 19.5. The number of methoxy groups -OCH3 is 1. The van der Waals surface area contributed by atoms with Crippen LogP contribution in [0.2, 0.25) is 0 Å². The van der Waals surface area contributed by atoms with Crippen molar-refractivity contribution in [2.75, 3.05) is 12.9 Å². The summed E-state index contributed by atoms with van der Waals surface area (Å²) in [5.74, 6) is -0.0226. The van der Waals surface area contributed by atoms with Crippen molar-refractivity contribution < 1.29 is 21.6 Å². The molecule has 3 aromatic rings. The maximum absolute atomic E-state index is 13.4. The molecule has 0 amide bonds. The Kier molecular flexibility index (Phi) is 6.67. The van der Waals surface area contributed by atoms with E-state index in [1.54, 1.807) is 48.5 Å².